The van der Waals surface area contributed by atoms with Crippen molar-refractivity contribution in [3.05, 3.63) is 95.6 Å². The lowest BCUT2D eigenvalue weighted by molar-refractivity contribution is -0.123. The molecule has 0 bridgehead atoms. The van der Waals surface area contributed by atoms with Crippen molar-refractivity contribution in [2.45, 2.75) is 38.6 Å². The minimum absolute atomic E-state index is 0.00691. The van der Waals surface area contributed by atoms with Crippen molar-refractivity contribution in [3.63, 3.8) is 0 Å². The maximum atomic E-state index is 13.0. The summed E-state index contributed by atoms with van der Waals surface area (Å²) in [6, 6.07) is 15.9. The molecule has 3 rings (SSSR count). The zero-order chi connectivity index (χ0) is 21.2. The van der Waals surface area contributed by atoms with Crippen LogP contribution < -0.4 is 10.6 Å². The Balaban J connectivity index is 1.63. The molecule has 1 amide bonds. The third kappa shape index (κ3) is 6.49. The van der Waals surface area contributed by atoms with Crippen molar-refractivity contribution < 1.29 is 4.79 Å². The summed E-state index contributed by atoms with van der Waals surface area (Å²) in [6.07, 6.45) is 8.78. The highest BCUT2D eigenvalue weighted by Crippen LogP contribution is 2.19. The van der Waals surface area contributed by atoms with Crippen LogP contribution in [0.2, 0.25) is 0 Å². The molecule has 3 aromatic rings. The van der Waals surface area contributed by atoms with Gasteiger partial charge in [-0.25, -0.2) is 0 Å². The number of nitrogens with zero attached hydrogens (tertiary/aromatic N) is 2. The lowest BCUT2D eigenvalue weighted by atomic mass is 9.98. The van der Waals surface area contributed by atoms with E-state index in [1.165, 1.54) is 5.56 Å². The Morgan fingerprint density at radius 2 is 1.53 bits per heavy atom. The van der Waals surface area contributed by atoms with Crippen LogP contribution in [0.5, 0.6) is 0 Å². The van der Waals surface area contributed by atoms with E-state index in [4.69, 9.17) is 0 Å². The molecule has 0 saturated heterocycles. The second kappa shape index (κ2) is 11.2. The lowest BCUT2D eigenvalue weighted by Gasteiger charge is -2.20. The third-order valence-corrected chi connectivity index (χ3v) is 5.15. The van der Waals surface area contributed by atoms with Crippen molar-refractivity contribution in [1.29, 1.82) is 0 Å². The molecular weight excluding hydrogens is 372 g/mol. The highest BCUT2D eigenvalue weighted by molar-refractivity contribution is 5.83. The Hall–Kier alpha value is -3.05. The summed E-state index contributed by atoms with van der Waals surface area (Å²) in [5, 5.41) is 6.51. The van der Waals surface area contributed by atoms with Gasteiger partial charge in [-0.1, -0.05) is 44.2 Å². The van der Waals surface area contributed by atoms with Crippen LogP contribution in [0.25, 0.3) is 0 Å². The molecule has 1 aromatic carbocycles. The first-order chi connectivity index (χ1) is 14.6. The largest absolute Gasteiger partial charge is 0.354 e. The van der Waals surface area contributed by atoms with Crippen LogP contribution in [0.15, 0.2) is 73.3 Å². The molecule has 2 aromatic heterocycles. The van der Waals surface area contributed by atoms with Gasteiger partial charge in [0, 0.05) is 37.9 Å². The monoisotopic (exact) mass is 402 g/mol. The lowest BCUT2D eigenvalue weighted by Crippen LogP contribution is -2.39. The fourth-order valence-electron chi connectivity index (χ4n) is 3.32. The number of hydrogen-bond acceptors (Lipinski definition) is 4. The molecule has 30 heavy (non-hydrogen) atoms. The number of amides is 1. The number of hydrogen-bond donors (Lipinski definition) is 2. The van der Waals surface area contributed by atoms with Crippen LogP contribution in [0, 0.1) is 0 Å². The Morgan fingerprint density at radius 1 is 0.833 bits per heavy atom. The summed E-state index contributed by atoms with van der Waals surface area (Å²) in [4.78, 5) is 21.2. The van der Waals surface area contributed by atoms with Gasteiger partial charge in [-0.15, -0.1) is 0 Å². The molecule has 0 aliphatic rings. The molecule has 2 N–H and O–H groups in total. The maximum absolute atomic E-state index is 13.0. The van der Waals surface area contributed by atoms with Gasteiger partial charge in [0.15, 0.2) is 0 Å². The Kier molecular flexibility index (Phi) is 8.10. The number of rotatable bonds is 10. The van der Waals surface area contributed by atoms with Crippen LogP contribution in [0.3, 0.4) is 0 Å². The minimum atomic E-state index is -0.389. The standard InChI is InChI=1S/C25H30N4O/c1-19(2)22-5-7-23(8-6-22)24(28-16-12-21-4-3-13-27-18-21)25(30)29-17-11-20-9-14-26-15-10-20/h3-10,13-15,18-19,24,28H,11-12,16-17H2,1-2H3,(H,29,30). The topological polar surface area (TPSA) is 66.9 Å². The van der Waals surface area contributed by atoms with E-state index in [1.54, 1.807) is 18.6 Å². The molecule has 2 heterocycles. The van der Waals surface area contributed by atoms with Crippen molar-refractivity contribution in [2.24, 2.45) is 0 Å². The number of aromatic nitrogens is 2. The van der Waals surface area contributed by atoms with E-state index < -0.39 is 0 Å². The van der Waals surface area contributed by atoms with Gasteiger partial charge >= 0.3 is 0 Å². The van der Waals surface area contributed by atoms with Crippen LogP contribution in [-0.4, -0.2) is 29.0 Å². The third-order valence-electron chi connectivity index (χ3n) is 5.15. The SMILES string of the molecule is CC(C)c1ccc(C(NCCc2cccnc2)C(=O)NCCc2ccncc2)cc1. The molecule has 0 radical (unpaired) electrons. The van der Waals surface area contributed by atoms with Crippen LogP contribution in [-0.2, 0) is 17.6 Å². The molecule has 0 saturated carbocycles. The fourth-order valence-corrected chi connectivity index (χ4v) is 3.32. The van der Waals surface area contributed by atoms with Gasteiger partial charge in [0.05, 0.1) is 0 Å². The second-order valence-electron chi connectivity index (χ2n) is 7.72. The summed E-state index contributed by atoms with van der Waals surface area (Å²) < 4.78 is 0. The Labute approximate surface area is 179 Å². The van der Waals surface area contributed by atoms with Gasteiger partial charge in [0.1, 0.15) is 6.04 Å². The molecule has 0 fully saturated rings. The first kappa shape index (κ1) is 21.7. The van der Waals surface area contributed by atoms with Gasteiger partial charge in [0.2, 0.25) is 5.91 Å². The van der Waals surface area contributed by atoms with E-state index >= 15 is 0 Å². The van der Waals surface area contributed by atoms with Crippen molar-refractivity contribution in [1.82, 2.24) is 20.6 Å². The predicted octanol–water partition coefficient (Wildman–Crippen LogP) is 3.83. The van der Waals surface area contributed by atoms with E-state index in [9.17, 15) is 4.79 Å². The van der Waals surface area contributed by atoms with Gasteiger partial charge in [-0.3, -0.25) is 14.8 Å². The molecule has 1 atom stereocenters. The number of nitrogens with one attached hydrogen (secondary N) is 2. The zero-order valence-electron chi connectivity index (χ0n) is 17.7. The highest BCUT2D eigenvalue weighted by atomic mass is 16.2. The molecule has 156 valence electrons. The highest BCUT2D eigenvalue weighted by Gasteiger charge is 2.20. The van der Waals surface area contributed by atoms with Crippen molar-refractivity contribution in [2.75, 3.05) is 13.1 Å². The van der Waals surface area contributed by atoms with E-state index in [1.807, 2.05) is 24.4 Å². The van der Waals surface area contributed by atoms with Crippen LogP contribution in [0.1, 0.15) is 48.1 Å². The number of pyridine rings is 2. The smallest absolute Gasteiger partial charge is 0.241 e. The van der Waals surface area contributed by atoms with Crippen molar-refractivity contribution >= 4 is 5.91 Å². The van der Waals surface area contributed by atoms with Gasteiger partial charge in [-0.2, -0.15) is 0 Å². The summed E-state index contributed by atoms with van der Waals surface area (Å²) in [5.41, 5.74) is 4.56. The zero-order valence-corrected chi connectivity index (χ0v) is 17.7. The van der Waals surface area contributed by atoms with Crippen LogP contribution >= 0.6 is 0 Å². The number of carbonyl (C=O) groups excluding carboxylic acids is 1. The summed E-state index contributed by atoms with van der Waals surface area (Å²) >= 11 is 0. The average Bonchev–Trinajstić information content (AvgIpc) is 2.78. The van der Waals surface area contributed by atoms with E-state index in [-0.39, 0.29) is 11.9 Å². The summed E-state index contributed by atoms with van der Waals surface area (Å²) in [5.74, 6) is 0.456. The first-order valence-electron chi connectivity index (χ1n) is 10.5. The molecule has 0 aliphatic heterocycles. The number of carbonyl (C=O) groups is 1. The molecule has 5 nitrogen and oxygen atoms in total. The second-order valence-corrected chi connectivity index (χ2v) is 7.72. The quantitative estimate of drug-likeness (QED) is 0.541. The predicted molar refractivity (Wildman–Crippen MR) is 120 cm³/mol. The molecule has 0 aliphatic carbocycles. The Morgan fingerprint density at radius 3 is 2.20 bits per heavy atom. The Bertz CT molecular complexity index is 895. The van der Waals surface area contributed by atoms with E-state index in [0.717, 1.165) is 29.5 Å². The summed E-state index contributed by atoms with van der Waals surface area (Å²) in [6.45, 7) is 5.63. The number of benzene rings is 1. The van der Waals surface area contributed by atoms with Gasteiger partial charge in [-0.05, 0) is 59.2 Å². The minimum Gasteiger partial charge on any atom is -0.354 e. The molecular formula is C25H30N4O. The van der Waals surface area contributed by atoms with E-state index in [0.29, 0.717) is 19.0 Å². The first-order valence-corrected chi connectivity index (χ1v) is 10.5. The maximum Gasteiger partial charge on any atom is 0.241 e. The van der Waals surface area contributed by atoms with Gasteiger partial charge < -0.3 is 10.6 Å². The summed E-state index contributed by atoms with van der Waals surface area (Å²) in [7, 11) is 0. The van der Waals surface area contributed by atoms with E-state index in [2.05, 4.69) is 64.8 Å². The van der Waals surface area contributed by atoms with Crippen LogP contribution in [0.4, 0.5) is 0 Å². The average molecular weight is 403 g/mol. The molecule has 0 spiro atoms. The molecule has 5 heteroatoms. The van der Waals surface area contributed by atoms with Gasteiger partial charge in [0.25, 0.3) is 0 Å². The fraction of sp³-hybridized carbons (Fsp3) is 0.320. The molecule has 1 unspecified atom stereocenters. The van der Waals surface area contributed by atoms with Crippen molar-refractivity contribution in [3.8, 4) is 0 Å². The normalized spacial score (nSPS) is 12.0.